The lowest BCUT2D eigenvalue weighted by Gasteiger charge is -2.31. The molecule has 0 unspecified atom stereocenters. The Hall–Kier alpha value is -7.72. The van der Waals surface area contributed by atoms with E-state index in [1.54, 1.807) is 0 Å². The van der Waals surface area contributed by atoms with E-state index in [1.807, 2.05) is 0 Å². The van der Waals surface area contributed by atoms with Crippen molar-refractivity contribution >= 4 is 84.9 Å². The van der Waals surface area contributed by atoms with Crippen LogP contribution >= 0.6 is 0 Å². The third kappa shape index (κ3) is 5.60. The highest BCUT2D eigenvalue weighted by Gasteiger charge is 2.39. The van der Waals surface area contributed by atoms with E-state index < -0.39 is 8.07 Å². The average Bonchev–Trinajstić information content (AvgIpc) is 3.73. The minimum absolute atomic E-state index is 0.134. The summed E-state index contributed by atoms with van der Waals surface area (Å²) < 4.78 is 0. The SMILES string of the molecule is CC1(C)c2ccccc2-c2ccc(N(c3ccc4c(c3)[Si](C)(C)c3ccccc3-4)c3ccc4ccc5c(N(c6ccccc6)c6ccccc6-c6ccccc6)ccc6ccc3c4c65)cc21. The summed E-state index contributed by atoms with van der Waals surface area (Å²) in [5, 5.41) is 10.5. The molecule has 11 aromatic rings. The van der Waals surface area contributed by atoms with Crippen LogP contribution in [0, 0.1) is 0 Å². The highest BCUT2D eigenvalue weighted by Crippen LogP contribution is 2.53. The van der Waals surface area contributed by atoms with Crippen LogP contribution in [0.1, 0.15) is 25.0 Å². The number of benzene rings is 11. The molecule has 0 saturated heterocycles. The maximum atomic E-state index is 2.56. The number of anilines is 6. The van der Waals surface area contributed by atoms with Gasteiger partial charge in [-0.1, -0.05) is 191 Å². The van der Waals surface area contributed by atoms with Gasteiger partial charge in [0.05, 0.1) is 17.1 Å². The summed E-state index contributed by atoms with van der Waals surface area (Å²) in [6.07, 6.45) is 0. The first-order valence-electron chi connectivity index (χ1n) is 23.3. The molecule has 0 amide bonds. The van der Waals surface area contributed by atoms with Crippen molar-refractivity contribution in [1.82, 2.24) is 0 Å². The van der Waals surface area contributed by atoms with Gasteiger partial charge in [0.15, 0.2) is 0 Å². The Morgan fingerprint density at radius 1 is 0.348 bits per heavy atom. The van der Waals surface area contributed by atoms with Crippen LogP contribution in [0.5, 0.6) is 0 Å². The van der Waals surface area contributed by atoms with E-state index in [9.17, 15) is 0 Å². The number of nitrogens with zero attached hydrogens (tertiary/aromatic N) is 2. The highest BCUT2D eigenvalue weighted by atomic mass is 28.3. The van der Waals surface area contributed by atoms with Crippen molar-refractivity contribution in [3.05, 3.63) is 230 Å². The van der Waals surface area contributed by atoms with Gasteiger partial charge in [-0.3, -0.25) is 0 Å². The molecule has 0 atom stereocenters. The summed E-state index contributed by atoms with van der Waals surface area (Å²) in [5.41, 5.74) is 17.4. The predicted molar refractivity (Wildman–Crippen MR) is 285 cm³/mol. The van der Waals surface area contributed by atoms with Gasteiger partial charge in [0.2, 0.25) is 0 Å². The second-order valence-electron chi connectivity index (χ2n) is 19.3. The minimum Gasteiger partial charge on any atom is -0.310 e. The molecule has 1 aliphatic heterocycles. The molecule has 0 aromatic heterocycles. The summed E-state index contributed by atoms with van der Waals surface area (Å²) in [6.45, 7) is 9.81. The Morgan fingerprint density at radius 3 is 1.58 bits per heavy atom. The Bertz CT molecular complexity index is 3610. The standard InChI is InChI=1S/C63H48N2Si/c1-63(2)54-24-14-11-22-48(54)49-35-31-45(39-55(49)63)64(46-32-36-51-50-23-13-16-26-59(50)66(3,4)60(51)40-46)57-37-29-42-28-34-53-58(38-30-43-27-33-52(57)61(42)62(43)53)65(44-19-9-6-10-20-44)56-25-15-12-21-47(56)41-17-7-5-8-18-41/h5-40H,1-4H3. The van der Waals surface area contributed by atoms with E-state index in [4.69, 9.17) is 0 Å². The van der Waals surface area contributed by atoms with E-state index in [1.165, 1.54) is 104 Å². The summed E-state index contributed by atoms with van der Waals surface area (Å²) in [5.74, 6) is 0. The topological polar surface area (TPSA) is 6.48 Å². The quantitative estimate of drug-likeness (QED) is 0.116. The fourth-order valence-corrected chi connectivity index (χ4v) is 14.9. The van der Waals surface area contributed by atoms with Gasteiger partial charge >= 0.3 is 0 Å². The van der Waals surface area contributed by atoms with Crippen molar-refractivity contribution in [3.63, 3.8) is 0 Å². The van der Waals surface area contributed by atoms with Gasteiger partial charge in [-0.25, -0.2) is 0 Å². The molecular formula is C63H48N2Si. The van der Waals surface area contributed by atoms with Crippen LogP contribution in [0.3, 0.4) is 0 Å². The summed E-state index contributed by atoms with van der Waals surface area (Å²) in [6, 6.07) is 81.8. The molecule has 1 aliphatic carbocycles. The zero-order chi connectivity index (χ0) is 44.3. The molecule has 0 bridgehead atoms. The van der Waals surface area contributed by atoms with Crippen molar-refractivity contribution in [2.75, 3.05) is 9.80 Å². The number of rotatable bonds is 7. The zero-order valence-corrected chi connectivity index (χ0v) is 38.7. The Kier molecular flexibility index (Phi) is 8.44. The molecule has 2 nitrogen and oxygen atoms in total. The van der Waals surface area contributed by atoms with Gasteiger partial charge in [-0.05, 0) is 125 Å². The van der Waals surface area contributed by atoms with Crippen molar-refractivity contribution in [2.45, 2.75) is 32.4 Å². The molecule has 314 valence electrons. The normalized spacial score (nSPS) is 14.0. The maximum absolute atomic E-state index is 2.56. The number of hydrogen-bond acceptors (Lipinski definition) is 2. The first-order valence-corrected chi connectivity index (χ1v) is 26.3. The molecule has 0 radical (unpaired) electrons. The van der Waals surface area contributed by atoms with Crippen molar-refractivity contribution in [1.29, 1.82) is 0 Å². The predicted octanol–water partition coefficient (Wildman–Crippen LogP) is 16.3. The Labute approximate surface area is 388 Å². The van der Waals surface area contributed by atoms with E-state index in [2.05, 4.69) is 255 Å². The highest BCUT2D eigenvalue weighted by molar-refractivity contribution is 7.03. The van der Waals surface area contributed by atoms with E-state index in [0.29, 0.717) is 0 Å². The van der Waals surface area contributed by atoms with Crippen LogP contribution in [0.2, 0.25) is 13.1 Å². The van der Waals surface area contributed by atoms with E-state index >= 15 is 0 Å². The molecular weight excluding hydrogens is 813 g/mol. The fourth-order valence-electron chi connectivity index (χ4n) is 11.8. The van der Waals surface area contributed by atoms with Gasteiger partial charge in [0, 0.05) is 38.8 Å². The van der Waals surface area contributed by atoms with Crippen molar-refractivity contribution in [3.8, 4) is 33.4 Å². The fraction of sp³-hybridized carbons (Fsp3) is 0.0794. The van der Waals surface area contributed by atoms with Crippen LogP contribution in [0.25, 0.3) is 65.7 Å². The molecule has 66 heavy (non-hydrogen) atoms. The van der Waals surface area contributed by atoms with Crippen molar-refractivity contribution in [2.24, 2.45) is 0 Å². The molecule has 0 spiro atoms. The van der Waals surface area contributed by atoms with Gasteiger partial charge in [-0.15, -0.1) is 0 Å². The van der Waals surface area contributed by atoms with E-state index in [-0.39, 0.29) is 5.41 Å². The third-order valence-electron chi connectivity index (χ3n) is 15.0. The molecule has 0 N–H and O–H groups in total. The maximum Gasteiger partial charge on any atom is 0.113 e. The lowest BCUT2D eigenvalue weighted by molar-refractivity contribution is 0.660. The van der Waals surface area contributed by atoms with Crippen molar-refractivity contribution < 1.29 is 0 Å². The minimum atomic E-state index is -1.98. The van der Waals surface area contributed by atoms with Crippen LogP contribution in [0.4, 0.5) is 34.1 Å². The molecule has 13 rings (SSSR count). The van der Waals surface area contributed by atoms with E-state index in [0.717, 1.165) is 17.1 Å². The molecule has 1 heterocycles. The first kappa shape index (κ1) is 38.7. The lowest BCUT2D eigenvalue weighted by Crippen LogP contribution is -2.49. The van der Waals surface area contributed by atoms with Gasteiger partial charge in [-0.2, -0.15) is 0 Å². The second kappa shape index (κ2) is 14.4. The summed E-state index contributed by atoms with van der Waals surface area (Å²) in [4.78, 5) is 5.02. The van der Waals surface area contributed by atoms with Crippen LogP contribution in [0.15, 0.2) is 218 Å². The number of fused-ring (bicyclic) bond motifs is 6. The molecule has 0 fully saturated rings. The molecule has 2 aliphatic rings. The third-order valence-corrected chi connectivity index (χ3v) is 18.5. The molecule has 11 aromatic carbocycles. The van der Waals surface area contributed by atoms with Crippen LogP contribution < -0.4 is 20.2 Å². The number of para-hydroxylation sites is 2. The summed E-state index contributed by atoms with van der Waals surface area (Å²) in [7, 11) is -1.98. The average molecular weight is 861 g/mol. The largest absolute Gasteiger partial charge is 0.310 e. The van der Waals surface area contributed by atoms with Crippen LogP contribution in [-0.4, -0.2) is 8.07 Å². The zero-order valence-electron chi connectivity index (χ0n) is 37.7. The first-order chi connectivity index (χ1) is 32.3. The van der Waals surface area contributed by atoms with Gasteiger partial charge in [0.1, 0.15) is 8.07 Å². The molecule has 0 saturated carbocycles. The molecule has 3 heteroatoms. The van der Waals surface area contributed by atoms with Gasteiger partial charge in [0.25, 0.3) is 0 Å². The monoisotopic (exact) mass is 860 g/mol. The lowest BCUT2D eigenvalue weighted by atomic mass is 9.82. The number of hydrogen-bond donors (Lipinski definition) is 0. The second-order valence-corrected chi connectivity index (χ2v) is 23.6. The Balaban J connectivity index is 1.05. The van der Waals surface area contributed by atoms with Crippen LogP contribution in [-0.2, 0) is 5.41 Å². The smallest absolute Gasteiger partial charge is 0.113 e. The summed E-state index contributed by atoms with van der Waals surface area (Å²) >= 11 is 0. The Morgan fingerprint density at radius 2 is 0.864 bits per heavy atom. The van der Waals surface area contributed by atoms with Gasteiger partial charge < -0.3 is 9.80 Å².